The summed E-state index contributed by atoms with van der Waals surface area (Å²) in [6.45, 7) is 6.13. The maximum Gasteiger partial charge on any atom is 0.304 e. The molecule has 0 heterocycles. The van der Waals surface area contributed by atoms with E-state index in [4.69, 9.17) is 21.4 Å². The SMILES string of the molecule is Cc1ccc(CC(CCCCOc2ccc(CNCCC(=O)O)cc2)c2cccc(Cl)c2)cc1C. The first-order valence-electron chi connectivity index (χ1n) is 12.4. The van der Waals surface area contributed by atoms with Crippen LogP contribution in [0.4, 0.5) is 0 Å². The predicted octanol–water partition coefficient (Wildman–Crippen LogP) is 7.10. The monoisotopic (exact) mass is 493 g/mol. The first kappa shape index (κ1) is 26.8. The van der Waals surface area contributed by atoms with Crippen LogP contribution in [-0.2, 0) is 17.8 Å². The van der Waals surface area contributed by atoms with E-state index < -0.39 is 5.97 Å². The zero-order valence-corrected chi connectivity index (χ0v) is 21.5. The molecule has 0 bridgehead atoms. The van der Waals surface area contributed by atoms with Crippen LogP contribution in [0.5, 0.6) is 5.75 Å². The first-order chi connectivity index (χ1) is 16.9. The summed E-state index contributed by atoms with van der Waals surface area (Å²) in [6.07, 6.45) is 4.28. The lowest BCUT2D eigenvalue weighted by molar-refractivity contribution is -0.136. The number of unbranched alkanes of at least 4 members (excludes halogenated alkanes) is 1. The van der Waals surface area contributed by atoms with Gasteiger partial charge in [-0.05, 0) is 97.5 Å². The molecule has 0 aliphatic rings. The van der Waals surface area contributed by atoms with Crippen molar-refractivity contribution < 1.29 is 14.6 Å². The Morgan fingerprint density at radius 2 is 1.74 bits per heavy atom. The number of aryl methyl sites for hydroxylation is 2. The average molecular weight is 494 g/mol. The normalized spacial score (nSPS) is 11.9. The number of carboxylic acids is 1. The van der Waals surface area contributed by atoms with E-state index in [1.807, 2.05) is 36.4 Å². The highest BCUT2D eigenvalue weighted by atomic mass is 35.5. The van der Waals surface area contributed by atoms with Crippen LogP contribution in [0, 0.1) is 13.8 Å². The summed E-state index contributed by atoms with van der Waals surface area (Å²) >= 11 is 6.30. The predicted molar refractivity (Wildman–Crippen MR) is 144 cm³/mol. The van der Waals surface area contributed by atoms with Crippen LogP contribution in [0.25, 0.3) is 0 Å². The van der Waals surface area contributed by atoms with Gasteiger partial charge in [0.1, 0.15) is 5.75 Å². The number of benzene rings is 3. The molecule has 0 aliphatic heterocycles. The molecule has 0 aromatic heterocycles. The molecule has 3 aromatic rings. The van der Waals surface area contributed by atoms with Crippen molar-refractivity contribution in [3.8, 4) is 5.75 Å². The van der Waals surface area contributed by atoms with Crippen molar-refractivity contribution in [3.05, 3.63) is 99.6 Å². The number of aliphatic carboxylic acids is 1. The third kappa shape index (κ3) is 9.39. The van der Waals surface area contributed by atoms with Crippen molar-refractivity contribution in [2.75, 3.05) is 13.2 Å². The lowest BCUT2D eigenvalue weighted by Gasteiger charge is -2.19. The molecular formula is C30H36ClNO3. The van der Waals surface area contributed by atoms with E-state index in [9.17, 15) is 4.79 Å². The molecule has 0 radical (unpaired) electrons. The van der Waals surface area contributed by atoms with Crippen LogP contribution in [0.2, 0.25) is 5.02 Å². The summed E-state index contributed by atoms with van der Waals surface area (Å²) in [6, 6.07) is 23.0. The van der Waals surface area contributed by atoms with Crippen LogP contribution in [0.15, 0.2) is 66.7 Å². The summed E-state index contributed by atoms with van der Waals surface area (Å²) in [5, 5.41) is 12.6. The molecule has 0 fully saturated rings. The van der Waals surface area contributed by atoms with E-state index in [1.165, 1.54) is 22.3 Å². The van der Waals surface area contributed by atoms with Crippen LogP contribution in [0.1, 0.15) is 59.4 Å². The van der Waals surface area contributed by atoms with Crippen molar-refractivity contribution in [3.63, 3.8) is 0 Å². The lowest BCUT2D eigenvalue weighted by atomic mass is 9.87. The largest absolute Gasteiger partial charge is 0.494 e. The topological polar surface area (TPSA) is 58.6 Å². The van der Waals surface area contributed by atoms with Gasteiger partial charge in [-0.3, -0.25) is 4.79 Å². The third-order valence-electron chi connectivity index (χ3n) is 6.36. The molecule has 0 aliphatic carbocycles. The minimum atomic E-state index is -0.787. The molecule has 2 N–H and O–H groups in total. The van der Waals surface area contributed by atoms with Gasteiger partial charge in [0.25, 0.3) is 0 Å². The van der Waals surface area contributed by atoms with E-state index in [0.29, 0.717) is 25.6 Å². The Morgan fingerprint density at radius 1 is 0.971 bits per heavy atom. The smallest absolute Gasteiger partial charge is 0.304 e. The molecule has 1 unspecified atom stereocenters. The minimum absolute atomic E-state index is 0.129. The fraction of sp³-hybridized carbons (Fsp3) is 0.367. The van der Waals surface area contributed by atoms with Gasteiger partial charge in [-0.15, -0.1) is 0 Å². The maximum atomic E-state index is 10.6. The number of carboxylic acid groups (broad SMARTS) is 1. The van der Waals surface area contributed by atoms with Gasteiger partial charge >= 0.3 is 5.97 Å². The number of ether oxygens (including phenoxy) is 1. The Morgan fingerprint density at radius 3 is 2.46 bits per heavy atom. The second-order valence-corrected chi connectivity index (χ2v) is 9.62. The van der Waals surface area contributed by atoms with E-state index in [1.54, 1.807) is 0 Å². The van der Waals surface area contributed by atoms with Crippen LogP contribution >= 0.6 is 11.6 Å². The van der Waals surface area contributed by atoms with E-state index >= 15 is 0 Å². The number of halogens is 1. The molecule has 186 valence electrons. The van der Waals surface area contributed by atoms with E-state index in [0.717, 1.165) is 42.0 Å². The molecule has 3 aromatic carbocycles. The zero-order valence-electron chi connectivity index (χ0n) is 20.7. The number of carbonyl (C=O) groups is 1. The maximum absolute atomic E-state index is 10.6. The summed E-state index contributed by atoms with van der Waals surface area (Å²) in [4.78, 5) is 10.6. The van der Waals surface area contributed by atoms with Crippen molar-refractivity contribution in [1.82, 2.24) is 5.32 Å². The second-order valence-electron chi connectivity index (χ2n) is 9.18. The Hall–Kier alpha value is -2.82. The average Bonchev–Trinajstić information content (AvgIpc) is 2.84. The molecule has 0 spiro atoms. The van der Waals surface area contributed by atoms with Crippen LogP contribution in [-0.4, -0.2) is 24.2 Å². The van der Waals surface area contributed by atoms with Gasteiger partial charge in [0.05, 0.1) is 13.0 Å². The Bertz CT molecular complexity index is 1080. The Labute approximate surface area is 214 Å². The van der Waals surface area contributed by atoms with Gasteiger partial charge in [-0.1, -0.05) is 54.1 Å². The molecule has 5 heteroatoms. The molecule has 0 amide bonds. The van der Waals surface area contributed by atoms with Crippen molar-refractivity contribution in [2.24, 2.45) is 0 Å². The molecule has 3 rings (SSSR count). The Balaban J connectivity index is 1.46. The molecule has 1 atom stereocenters. The van der Waals surface area contributed by atoms with E-state index in [-0.39, 0.29) is 6.42 Å². The number of hydrogen-bond donors (Lipinski definition) is 2. The van der Waals surface area contributed by atoms with Gasteiger partial charge in [0, 0.05) is 18.1 Å². The summed E-state index contributed by atoms with van der Waals surface area (Å²) in [5.74, 6) is 0.495. The fourth-order valence-electron chi connectivity index (χ4n) is 4.18. The van der Waals surface area contributed by atoms with Gasteiger partial charge in [-0.25, -0.2) is 0 Å². The van der Waals surface area contributed by atoms with E-state index in [2.05, 4.69) is 49.5 Å². The highest BCUT2D eigenvalue weighted by Gasteiger charge is 2.14. The van der Waals surface area contributed by atoms with Gasteiger partial charge in [0.2, 0.25) is 0 Å². The van der Waals surface area contributed by atoms with Crippen molar-refractivity contribution in [1.29, 1.82) is 0 Å². The summed E-state index contributed by atoms with van der Waals surface area (Å²) in [7, 11) is 0. The number of hydrogen-bond acceptors (Lipinski definition) is 3. The zero-order chi connectivity index (χ0) is 25.0. The summed E-state index contributed by atoms with van der Waals surface area (Å²) in [5.41, 5.74) is 6.44. The molecule has 4 nitrogen and oxygen atoms in total. The van der Waals surface area contributed by atoms with Crippen molar-refractivity contribution in [2.45, 2.75) is 58.4 Å². The Kier molecular flexibility index (Phi) is 10.6. The highest BCUT2D eigenvalue weighted by Crippen LogP contribution is 2.29. The second kappa shape index (κ2) is 13.9. The molecule has 35 heavy (non-hydrogen) atoms. The van der Waals surface area contributed by atoms with Crippen LogP contribution in [0.3, 0.4) is 0 Å². The van der Waals surface area contributed by atoms with Crippen molar-refractivity contribution >= 4 is 17.6 Å². The summed E-state index contributed by atoms with van der Waals surface area (Å²) < 4.78 is 5.95. The van der Waals surface area contributed by atoms with Gasteiger partial charge in [0.15, 0.2) is 0 Å². The molecular weight excluding hydrogens is 458 g/mol. The third-order valence-corrected chi connectivity index (χ3v) is 6.59. The standard InChI is InChI=1S/C30H36ClNO3/c1-22-9-10-25(18-23(22)2)19-26(27-7-5-8-28(31)20-27)6-3-4-17-35-29-13-11-24(12-14-29)21-32-16-15-30(33)34/h5,7-14,18,20,26,32H,3-4,6,15-17,19,21H2,1-2H3,(H,33,34). The first-order valence-corrected chi connectivity index (χ1v) is 12.7. The quantitative estimate of drug-likeness (QED) is 0.235. The van der Waals surface area contributed by atoms with Crippen LogP contribution < -0.4 is 10.1 Å². The fourth-order valence-corrected chi connectivity index (χ4v) is 4.38. The van der Waals surface area contributed by atoms with Gasteiger partial charge in [-0.2, -0.15) is 0 Å². The molecule has 0 saturated carbocycles. The number of nitrogens with one attached hydrogen (secondary N) is 1. The lowest BCUT2D eigenvalue weighted by Crippen LogP contribution is -2.17. The van der Waals surface area contributed by atoms with Gasteiger partial charge < -0.3 is 15.2 Å². The highest BCUT2D eigenvalue weighted by molar-refractivity contribution is 6.30. The minimum Gasteiger partial charge on any atom is -0.494 e. The number of rotatable bonds is 14. The molecule has 0 saturated heterocycles.